The molecular weight excluding hydrogens is 274 g/mol. The van der Waals surface area contributed by atoms with Gasteiger partial charge in [0.1, 0.15) is 0 Å². The van der Waals surface area contributed by atoms with E-state index in [9.17, 15) is 4.79 Å². The number of likely N-dealkylation sites (tertiary alicyclic amines) is 1. The van der Waals surface area contributed by atoms with Crippen molar-refractivity contribution in [3.8, 4) is 0 Å². The van der Waals surface area contributed by atoms with Crippen LogP contribution in [0.25, 0.3) is 0 Å². The molecule has 0 spiro atoms. The van der Waals surface area contributed by atoms with E-state index in [1.54, 1.807) is 0 Å². The van der Waals surface area contributed by atoms with Crippen LogP contribution in [0.1, 0.15) is 43.7 Å². The number of para-hydroxylation sites is 1. The van der Waals surface area contributed by atoms with Crippen LogP contribution >= 0.6 is 0 Å². The van der Waals surface area contributed by atoms with Crippen LogP contribution in [-0.2, 0) is 4.79 Å². The van der Waals surface area contributed by atoms with E-state index >= 15 is 0 Å². The van der Waals surface area contributed by atoms with Gasteiger partial charge < -0.3 is 10.6 Å². The molecule has 0 aromatic heterocycles. The van der Waals surface area contributed by atoms with E-state index < -0.39 is 0 Å². The van der Waals surface area contributed by atoms with Gasteiger partial charge in [-0.3, -0.25) is 9.69 Å². The highest BCUT2D eigenvalue weighted by atomic mass is 16.2. The standard InChI is InChI=1S/C18H29N3O/c1-13(2)16-9-5-7-14(3)18(16)20-17(22)12-21-10-6-8-15(11-21)19-4/h5,7,9,13,15,19H,6,8,10-12H2,1-4H3,(H,20,22). The van der Waals surface area contributed by atoms with Crippen LogP contribution in [0.5, 0.6) is 0 Å². The van der Waals surface area contributed by atoms with E-state index in [4.69, 9.17) is 0 Å². The lowest BCUT2D eigenvalue weighted by Gasteiger charge is -2.32. The molecule has 2 rings (SSSR count). The lowest BCUT2D eigenvalue weighted by Crippen LogP contribution is -2.47. The molecule has 0 radical (unpaired) electrons. The maximum atomic E-state index is 12.4. The minimum atomic E-state index is 0.0907. The fraction of sp³-hybridized carbons (Fsp3) is 0.611. The molecular formula is C18H29N3O. The predicted molar refractivity (Wildman–Crippen MR) is 92.4 cm³/mol. The monoisotopic (exact) mass is 303 g/mol. The Morgan fingerprint density at radius 1 is 1.41 bits per heavy atom. The lowest BCUT2D eigenvalue weighted by atomic mass is 9.98. The number of nitrogens with one attached hydrogen (secondary N) is 2. The fourth-order valence-electron chi connectivity index (χ4n) is 3.16. The summed E-state index contributed by atoms with van der Waals surface area (Å²) in [4.78, 5) is 14.7. The van der Waals surface area contributed by atoms with Crippen LogP contribution in [-0.4, -0.2) is 43.5 Å². The van der Waals surface area contributed by atoms with Gasteiger partial charge >= 0.3 is 0 Å². The summed E-state index contributed by atoms with van der Waals surface area (Å²) in [5.41, 5.74) is 3.33. The number of rotatable bonds is 5. The first-order valence-corrected chi connectivity index (χ1v) is 8.30. The Morgan fingerprint density at radius 2 is 2.18 bits per heavy atom. The quantitative estimate of drug-likeness (QED) is 0.879. The van der Waals surface area contributed by atoms with Crippen LogP contribution < -0.4 is 10.6 Å². The molecule has 1 unspecified atom stereocenters. The Balaban J connectivity index is 2.00. The third kappa shape index (κ3) is 4.31. The van der Waals surface area contributed by atoms with Crippen LogP contribution in [0.15, 0.2) is 18.2 Å². The molecule has 1 aromatic carbocycles. The number of carbonyl (C=O) groups excluding carboxylic acids is 1. The molecule has 1 aliphatic heterocycles. The summed E-state index contributed by atoms with van der Waals surface area (Å²) in [6, 6.07) is 6.72. The first-order chi connectivity index (χ1) is 10.5. The average molecular weight is 303 g/mol. The second kappa shape index (κ2) is 7.75. The number of carbonyl (C=O) groups is 1. The van der Waals surface area contributed by atoms with Gasteiger partial charge in [0.15, 0.2) is 0 Å². The Labute approximate surface area is 134 Å². The van der Waals surface area contributed by atoms with Gasteiger partial charge in [-0.15, -0.1) is 0 Å². The minimum absolute atomic E-state index is 0.0907. The SMILES string of the molecule is CNC1CCCN(CC(=O)Nc2c(C)cccc2C(C)C)C1. The zero-order valence-corrected chi connectivity index (χ0v) is 14.3. The predicted octanol–water partition coefficient (Wildman–Crippen LogP) is 2.74. The molecule has 1 fully saturated rings. The number of aryl methyl sites for hydroxylation is 1. The largest absolute Gasteiger partial charge is 0.324 e. The number of likely N-dealkylation sites (N-methyl/N-ethyl adjacent to an activating group) is 1. The Hall–Kier alpha value is -1.39. The van der Waals surface area contributed by atoms with Crippen molar-refractivity contribution in [2.75, 3.05) is 32.0 Å². The molecule has 0 aliphatic carbocycles. The van der Waals surface area contributed by atoms with Gasteiger partial charge in [0.25, 0.3) is 0 Å². The first-order valence-electron chi connectivity index (χ1n) is 8.30. The molecule has 1 amide bonds. The molecule has 2 N–H and O–H groups in total. The van der Waals surface area contributed by atoms with Gasteiger partial charge in [-0.05, 0) is 50.4 Å². The summed E-state index contributed by atoms with van der Waals surface area (Å²) < 4.78 is 0. The molecule has 0 saturated carbocycles. The molecule has 4 heteroatoms. The van der Waals surface area contributed by atoms with Crippen LogP contribution in [0.2, 0.25) is 0 Å². The van der Waals surface area contributed by atoms with E-state index in [0.717, 1.165) is 30.8 Å². The van der Waals surface area contributed by atoms with Crippen LogP contribution in [0.4, 0.5) is 5.69 Å². The zero-order chi connectivity index (χ0) is 16.1. The van der Waals surface area contributed by atoms with Gasteiger partial charge in [-0.1, -0.05) is 32.0 Å². The Bertz CT molecular complexity index is 513. The summed E-state index contributed by atoms with van der Waals surface area (Å²) in [6.07, 6.45) is 2.35. The highest BCUT2D eigenvalue weighted by Gasteiger charge is 2.21. The highest BCUT2D eigenvalue weighted by molar-refractivity contribution is 5.93. The number of hydrogen-bond acceptors (Lipinski definition) is 3. The second-order valence-electron chi connectivity index (χ2n) is 6.60. The molecule has 1 aliphatic rings. The highest BCUT2D eigenvalue weighted by Crippen LogP contribution is 2.27. The average Bonchev–Trinajstić information content (AvgIpc) is 2.49. The van der Waals surface area contributed by atoms with E-state index in [1.165, 1.54) is 12.0 Å². The number of nitrogens with zero attached hydrogens (tertiary/aromatic N) is 1. The summed E-state index contributed by atoms with van der Waals surface area (Å²) in [5.74, 6) is 0.492. The van der Waals surface area contributed by atoms with E-state index in [0.29, 0.717) is 18.5 Å². The van der Waals surface area contributed by atoms with Gasteiger partial charge in [0.2, 0.25) is 5.91 Å². The van der Waals surface area contributed by atoms with Crippen molar-refractivity contribution >= 4 is 11.6 Å². The molecule has 0 bridgehead atoms. The van der Waals surface area contributed by atoms with E-state index in [2.05, 4.69) is 54.5 Å². The number of hydrogen-bond donors (Lipinski definition) is 2. The molecule has 1 atom stereocenters. The van der Waals surface area contributed by atoms with Gasteiger partial charge in [0.05, 0.1) is 6.54 Å². The van der Waals surface area contributed by atoms with Crippen molar-refractivity contribution < 1.29 is 4.79 Å². The summed E-state index contributed by atoms with van der Waals surface area (Å²) in [7, 11) is 2.00. The lowest BCUT2D eigenvalue weighted by molar-refractivity contribution is -0.117. The Morgan fingerprint density at radius 3 is 2.86 bits per heavy atom. The van der Waals surface area contributed by atoms with Gasteiger partial charge in [0, 0.05) is 18.3 Å². The summed E-state index contributed by atoms with van der Waals surface area (Å²) >= 11 is 0. The number of amides is 1. The van der Waals surface area contributed by atoms with Crippen molar-refractivity contribution in [1.82, 2.24) is 10.2 Å². The molecule has 1 heterocycles. The second-order valence-corrected chi connectivity index (χ2v) is 6.60. The van der Waals surface area contributed by atoms with Crippen molar-refractivity contribution in [3.63, 3.8) is 0 Å². The van der Waals surface area contributed by atoms with E-state index in [-0.39, 0.29) is 5.91 Å². The number of anilines is 1. The topological polar surface area (TPSA) is 44.4 Å². The number of benzene rings is 1. The van der Waals surface area contributed by atoms with Crippen molar-refractivity contribution in [2.45, 2.75) is 45.6 Å². The first kappa shape index (κ1) is 17.0. The molecule has 122 valence electrons. The maximum absolute atomic E-state index is 12.4. The van der Waals surface area contributed by atoms with E-state index in [1.807, 2.05) is 7.05 Å². The van der Waals surface area contributed by atoms with Crippen molar-refractivity contribution in [2.24, 2.45) is 0 Å². The molecule has 22 heavy (non-hydrogen) atoms. The van der Waals surface area contributed by atoms with Crippen molar-refractivity contribution in [3.05, 3.63) is 29.3 Å². The third-order valence-corrected chi connectivity index (χ3v) is 4.47. The van der Waals surface area contributed by atoms with Crippen LogP contribution in [0.3, 0.4) is 0 Å². The van der Waals surface area contributed by atoms with Gasteiger partial charge in [-0.25, -0.2) is 0 Å². The fourth-order valence-corrected chi connectivity index (χ4v) is 3.16. The third-order valence-electron chi connectivity index (χ3n) is 4.47. The number of piperidine rings is 1. The molecule has 1 saturated heterocycles. The summed E-state index contributed by atoms with van der Waals surface area (Å²) in [5, 5.41) is 6.46. The van der Waals surface area contributed by atoms with Gasteiger partial charge in [-0.2, -0.15) is 0 Å². The van der Waals surface area contributed by atoms with Crippen molar-refractivity contribution in [1.29, 1.82) is 0 Å². The Kier molecular flexibility index (Phi) is 5.98. The minimum Gasteiger partial charge on any atom is -0.324 e. The molecule has 1 aromatic rings. The van der Waals surface area contributed by atoms with Crippen LogP contribution in [0, 0.1) is 6.92 Å². The normalized spacial score (nSPS) is 19.4. The maximum Gasteiger partial charge on any atom is 0.238 e. The molecule has 4 nitrogen and oxygen atoms in total. The smallest absolute Gasteiger partial charge is 0.238 e. The zero-order valence-electron chi connectivity index (χ0n) is 14.3. The summed E-state index contributed by atoms with van der Waals surface area (Å²) in [6.45, 7) is 8.81.